The van der Waals surface area contributed by atoms with Crippen molar-refractivity contribution in [2.75, 3.05) is 27.2 Å². The predicted octanol–water partition coefficient (Wildman–Crippen LogP) is 2.14. The van der Waals surface area contributed by atoms with Crippen molar-refractivity contribution in [2.24, 2.45) is 0 Å². The Labute approximate surface area is 108 Å². The number of hydrogen-bond acceptors (Lipinski definition) is 2. The zero-order chi connectivity index (χ0) is 14.6. The maximum atomic E-state index is 13.4. The molecule has 0 aliphatic rings. The first kappa shape index (κ1) is 15.4. The first-order valence-electron chi connectivity index (χ1n) is 5.52. The van der Waals surface area contributed by atoms with E-state index < -0.39 is 29.0 Å². The summed E-state index contributed by atoms with van der Waals surface area (Å²) in [5.41, 5.74) is -2.23. The SMILES string of the molecule is CN(C)CCNC(=O)c1c(F)cccc1C(F)(F)F. The van der Waals surface area contributed by atoms with E-state index in [2.05, 4.69) is 5.32 Å². The highest BCUT2D eigenvalue weighted by molar-refractivity contribution is 5.96. The van der Waals surface area contributed by atoms with Crippen molar-refractivity contribution in [3.8, 4) is 0 Å². The molecule has 0 saturated carbocycles. The van der Waals surface area contributed by atoms with Gasteiger partial charge < -0.3 is 10.2 Å². The molecule has 0 radical (unpaired) electrons. The molecule has 0 aliphatic heterocycles. The third kappa shape index (κ3) is 4.20. The summed E-state index contributed by atoms with van der Waals surface area (Å²) in [7, 11) is 3.49. The van der Waals surface area contributed by atoms with Crippen LogP contribution in [0.5, 0.6) is 0 Å². The van der Waals surface area contributed by atoms with Gasteiger partial charge in [-0.3, -0.25) is 4.79 Å². The van der Waals surface area contributed by atoms with Crippen LogP contribution in [-0.4, -0.2) is 38.0 Å². The van der Waals surface area contributed by atoms with E-state index in [1.807, 2.05) is 0 Å². The van der Waals surface area contributed by atoms with Crippen LogP contribution in [0, 0.1) is 5.82 Å². The van der Waals surface area contributed by atoms with Gasteiger partial charge in [0.05, 0.1) is 11.1 Å². The lowest BCUT2D eigenvalue weighted by Crippen LogP contribution is -2.33. The number of carbonyl (C=O) groups is 1. The Hall–Kier alpha value is -1.63. The number of nitrogens with zero attached hydrogens (tertiary/aromatic N) is 1. The number of nitrogens with one attached hydrogen (secondary N) is 1. The van der Waals surface area contributed by atoms with E-state index in [0.29, 0.717) is 12.6 Å². The summed E-state index contributed by atoms with van der Waals surface area (Å²) < 4.78 is 51.5. The van der Waals surface area contributed by atoms with Gasteiger partial charge in [-0.05, 0) is 26.2 Å². The van der Waals surface area contributed by atoms with Crippen molar-refractivity contribution in [1.29, 1.82) is 0 Å². The van der Waals surface area contributed by atoms with E-state index >= 15 is 0 Å². The molecule has 0 fully saturated rings. The predicted molar refractivity (Wildman–Crippen MR) is 62.3 cm³/mol. The number of halogens is 4. The van der Waals surface area contributed by atoms with Crippen LogP contribution in [0.25, 0.3) is 0 Å². The highest BCUT2D eigenvalue weighted by atomic mass is 19.4. The fourth-order valence-corrected chi connectivity index (χ4v) is 1.47. The van der Waals surface area contributed by atoms with Crippen LogP contribution < -0.4 is 5.32 Å². The van der Waals surface area contributed by atoms with Crippen LogP contribution in [0.1, 0.15) is 15.9 Å². The van der Waals surface area contributed by atoms with E-state index in [0.717, 1.165) is 12.1 Å². The molecule has 0 aliphatic carbocycles. The lowest BCUT2D eigenvalue weighted by Gasteiger charge is -2.14. The topological polar surface area (TPSA) is 32.3 Å². The van der Waals surface area contributed by atoms with Gasteiger partial charge in [0.25, 0.3) is 5.91 Å². The van der Waals surface area contributed by atoms with Gasteiger partial charge in [-0.15, -0.1) is 0 Å². The minimum atomic E-state index is -4.77. The zero-order valence-corrected chi connectivity index (χ0v) is 10.5. The minimum absolute atomic E-state index is 0.136. The number of alkyl halides is 3. The molecule has 1 aromatic carbocycles. The van der Waals surface area contributed by atoms with Crippen molar-refractivity contribution in [3.05, 3.63) is 35.1 Å². The summed E-state index contributed by atoms with van der Waals surface area (Å²) in [5.74, 6) is -2.25. The fraction of sp³-hybridized carbons (Fsp3) is 0.417. The molecule has 0 bridgehead atoms. The van der Waals surface area contributed by atoms with Crippen LogP contribution in [-0.2, 0) is 6.18 Å². The highest BCUT2D eigenvalue weighted by Gasteiger charge is 2.36. The highest BCUT2D eigenvalue weighted by Crippen LogP contribution is 2.32. The molecule has 1 rings (SSSR count). The molecule has 106 valence electrons. The zero-order valence-electron chi connectivity index (χ0n) is 10.5. The molecule has 19 heavy (non-hydrogen) atoms. The standard InChI is InChI=1S/C12H14F4N2O/c1-18(2)7-6-17-11(19)10-8(12(14,15)16)4-3-5-9(10)13/h3-5H,6-7H2,1-2H3,(H,17,19). The second-order valence-electron chi connectivity index (χ2n) is 4.22. The molecule has 1 N–H and O–H groups in total. The maximum Gasteiger partial charge on any atom is 0.417 e. The normalized spacial score (nSPS) is 11.7. The smallest absolute Gasteiger partial charge is 0.351 e. The second-order valence-corrected chi connectivity index (χ2v) is 4.22. The van der Waals surface area contributed by atoms with E-state index in [-0.39, 0.29) is 6.54 Å². The molecule has 3 nitrogen and oxygen atoms in total. The molecule has 7 heteroatoms. The second kappa shape index (κ2) is 6.01. The number of likely N-dealkylation sites (N-methyl/N-ethyl adjacent to an activating group) is 1. The number of rotatable bonds is 4. The molecular formula is C12H14F4N2O. The first-order valence-corrected chi connectivity index (χ1v) is 5.52. The van der Waals surface area contributed by atoms with Crippen LogP contribution in [0.3, 0.4) is 0 Å². The molecule has 0 heterocycles. The van der Waals surface area contributed by atoms with Crippen molar-refractivity contribution >= 4 is 5.91 Å². The molecule has 0 spiro atoms. The average molecular weight is 278 g/mol. The Bertz CT molecular complexity index is 458. The van der Waals surface area contributed by atoms with Gasteiger partial charge in [-0.2, -0.15) is 13.2 Å². The van der Waals surface area contributed by atoms with Crippen LogP contribution in [0.15, 0.2) is 18.2 Å². The Morgan fingerprint density at radius 1 is 1.32 bits per heavy atom. The third-order valence-corrected chi connectivity index (χ3v) is 2.39. The quantitative estimate of drug-likeness (QED) is 0.856. The Morgan fingerprint density at radius 2 is 1.95 bits per heavy atom. The summed E-state index contributed by atoms with van der Waals surface area (Å²) in [6.45, 7) is 0.582. The van der Waals surface area contributed by atoms with Gasteiger partial charge in [0, 0.05) is 13.1 Å². The van der Waals surface area contributed by atoms with Gasteiger partial charge in [0.1, 0.15) is 5.82 Å². The van der Waals surface area contributed by atoms with Crippen LogP contribution >= 0.6 is 0 Å². The number of hydrogen-bond donors (Lipinski definition) is 1. The lowest BCUT2D eigenvalue weighted by molar-refractivity contribution is -0.138. The van der Waals surface area contributed by atoms with E-state index in [1.165, 1.54) is 0 Å². The van der Waals surface area contributed by atoms with Gasteiger partial charge in [0.15, 0.2) is 0 Å². The number of carbonyl (C=O) groups excluding carboxylic acids is 1. The van der Waals surface area contributed by atoms with Crippen molar-refractivity contribution in [1.82, 2.24) is 10.2 Å². The Morgan fingerprint density at radius 3 is 2.47 bits per heavy atom. The summed E-state index contributed by atoms with van der Waals surface area (Å²) in [5, 5.41) is 2.26. The largest absolute Gasteiger partial charge is 0.417 e. The summed E-state index contributed by atoms with van der Waals surface area (Å²) in [4.78, 5) is 13.4. The van der Waals surface area contributed by atoms with Gasteiger partial charge in [-0.1, -0.05) is 6.07 Å². The molecule has 0 unspecified atom stereocenters. The lowest BCUT2D eigenvalue weighted by atomic mass is 10.1. The summed E-state index contributed by atoms with van der Waals surface area (Å²) in [6, 6.07) is 2.44. The van der Waals surface area contributed by atoms with E-state index in [1.54, 1.807) is 19.0 Å². The van der Waals surface area contributed by atoms with E-state index in [9.17, 15) is 22.4 Å². The third-order valence-electron chi connectivity index (χ3n) is 2.39. The number of amides is 1. The summed E-state index contributed by atoms with van der Waals surface area (Å²) >= 11 is 0. The van der Waals surface area contributed by atoms with Crippen LogP contribution in [0.4, 0.5) is 17.6 Å². The maximum absolute atomic E-state index is 13.4. The minimum Gasteiger partial charge on any atom is -0.351 e. The fourth-order valence-electron chi connectivity index (χ4n) is 1.47. The van der Waals surface area contributed by atoms with Crippen LogP contribution in [0.2, 0.25) is 0 Å². The van der Waals surface area contributed by atoms with Crippen molar-refractivity contribution in [3.63, 3.8) is 0 Å². The first-order chi connectivity index (χ1) is 8.73. The summed E-state index contributed by atoms with van der Waals surface area (Å²) in [6.07, 6.45) is -4.77. The molecular weight excluding hydrogens is 264 g/mol. The molecule has 0 aromatic heterocycles. The van der Waals surface area contributed by atoms with Gasteiger partial charge in [-0.25, -0.2) is 4.39 Å². The molecule has 1 amide bonds. The van der Waals surface area contributed by atoms with Gasteiger partial charge >= 0.3 is 6.18 Å². The Kier molecular flexibility index (Phi) is 4.88. The van der Waals surface area contributed by atoms with Gasteiger partial charge in [0.2, 0.25) is 0 Å². The molecule has 0 saturated heterocycles. The molecule has 1 aromatic rings. The number of benzene rings is 1. The molecule has 0 atom stereocenters. The van der Waals surface area contributed by atoms with Crippen molar-refractivity contribution in [2.45, 2.75) is 6.18 Å². The Balaban J connectivity index is 2.96. The van der Waals surface area contributed by atoms with Crippen molar-refractivity contribution < 1.29 is 22.4 Å². The average Bonchev–Trinajstić information content (AvgIpc) is 2.26. The monoisotopic (exact) mass is 278 g/mol. The van der Waals surface area contributed by atoms with E-state index in [4.69, 9.17) is 0 Å².